The molecule has 0 fully saturated rings. The lowest BCUT2D eigenvalue weighted by molar-refractivity contribution is 0.0691. The van der Waals surface area contributed by atoms with E-state index in [0.717, 1.165) is 15.4 Å². The summed E-state index contributed by atoms with van der Waals surface area (Å²) in [7, 11) is -2.11. The first-order valence-corrected chi connectivity index (χ1v) is 21.2. The largest absolute Gasteiger partial charge is 0.477 e. The summed E-state index contributed by atoms with van der Waals surface area (Å²) >= 11 is 3.46. The Balaban J connectivity index is 0.000000216. The number of rotatable bonds is 3. The Kier molecular flexibility index (Phi) is 12.1. The number of carboxylic acids is 1. The van der Waals surface area contributed by atoms with Crippen LogP contribution in [0.2, 0.25) is 39.3 Å². The van der Waals surface area contributed by atoms with Gasteiger partial charge in [0.2, 0.25) is 0 Å². The second-order valence-corrected chi connectivity index (χ2v) is 22.6. The third-order valence-electron chi connectivity index (χ3n) is 6.65. The number of halogens is 2. The number of hydrogen-bond donors (Lipinski definition) is 4. The fourth-order valence-corrected chi connectivity index (χ4v) is 8.44. The molecule has 3 heterocycles. The van der Waals surface area contributed by atoms with Crippen molar-refractivity contribution in [1.82, 2.24) is 15.0 Å². The minimum atomic E-state index is -1.43. The molecule has 0 aliphatic heterocycles. The summed E-state index contributed by atoms with van der Waals surface area (Å²) in [5.74, 6) is -0.905. The number of carboxylic acid groups (broad SMARTS) is 1. The van der Waals surface area contributed by atoms with Crippen molar-refractivity contribution in [3.63, 3.8) is 0 Å². The van der Waals surface area contributed by atoms with E-state index in [9.17, 15) is 9.18 Å². The van der Waals surface area contributed by atoms with E-state index in [4.69, 9.17) is 5.11 Å². The van der Waals surface area contributed by atoms with Crippen LogP contribution >= 0.6 is 15.9 Å². The van der Waals surface area contributed by atoms with Gasteiger partial charge in [0.25, 0.3) is 0 Å². The van der Waals surface area contributed by atoms with Crippen LogP contribution in [-0.2, 0) is 0 Å². The van der Waals surface area contributed by atoms with Crippen molar-refractivity contribution in [2.45, 2.75) is 46.7 Å². The van der Waals surface area contributed by atoms with Crippen LogP contribution in [0.25, 0.3) is 32.7 Å². The van der Waals surface area contributed by atoms with Gasteiger partial charge in [-0.15, -0.1) is 0 Å². The maximum atomic E-state index is 10.9. The molecule has 0 aliphatic carbocycles. The monoisotopic (exact) mass is 667 g/mol. The van der Waals surface area contributed by atoms with Crippen molar-refractivity contribution < 1.29 is 14.3 Å². The van der Waals surface area contributed by atoms with Gasteiger partial charge in [0, 0.05) is 38.8 Å². The Bertz CT molecular complexity index is 1740. The van der Waals surface area contributed by atoms with Crippen molar-refractivity contribution in [2.75, 3.05) is 7.18 Å². The SMILES string of the molecule is Brc1cccc2[nH]ccc12.C.CF.C[Si](C)(C)c1cccc2[nH]c(C(=O)O)cc12.C[Si](C)(C)c1cccc2[nH]ccc12. The van der Waals surface area contributed by atoms with Crippen molar-refractivity contribution in [3.05, 3.63) is 95.4 Å². The van der Waals surface area contributed by atoms with E-state index in [1.54, 1.807) is 11.3 Å². The van der Waals surface area contributed by atoms with Crippen molar-refractivity contribution in [2.24, 2.45) is 0 Å². The number of nitrogens with one attached hydrogen (secondary N) is 3. The summed E-state index contributed by atoms with van der Waals surface area (Å²) in [6.07, 6.45) is 3.96. The van der Waals surface area contributed by atoms with Gasteiger partial charge in [-0.1, -0.05) is 103 Å². The first-order valence-electron chi connectivity index (χ1n) is 13.4. The van der Waals surface area contributed by atoms with Crippen LogP contribution in [0.3, 0.4) is 0 Å². The lowest BCUT2D eigenvalue weighted by Crippen LogP contribution is -2.37. The van der Waals surface area contributed by atoms with Crippen LogP contribution in [0, 0.1) is 0 Å². The quantitative estimate of drug-likeness (QED) is 0.142. The van der Waals surface area contributed by atoms with Gasteiger partial charge >= 0.3 is 5.97 Å². The minimum Gasteiger partial charge on any atom is -0.477 e. The fraction of sp³-hybridized carbons (Fsp3) is 0.242. The van der Waals surface area contributed by atoms with Gasteiger partial charge in [0.05, 0.1) is 23.3 Å². The third-order valence-corrected chi connectivity index (χ3v) is 11.4. The van der Waals surface area contributed by atoms with Gasteiger partial charge in [0.1, 0.15) is 5.69 Å². The highest BCUT2D eigenvalue weighted by Gasteiger charge is 2.21. The lowest BCUT2D eigenvalue weighted by atomic mass is 10.2. The highest BCUT2D eigenvalue weighted by atomic mass is 79.9. The van der Waals surface area contributed by atoms with E-state index in [1.165, 1.54) is 27.0 Å². The molecule has 0 radical (unpaired) electrons. The first kappa shape index (κ1) is 34.8. The van der Waals surface area contributed by atoms with Gasteiger partial charge in [-0.2, -0.15) is 0 Å². The van der Waals surface area contributed by atoms with Gasteiger partial charge in [0.15, 0.2) is 0 Å². The molecule has 9 heteroatoms. The summed E-state index contributed by atoms with van der Waals surface area (Å²) in [6.45, 7) is 13.9. The molecule has 4 N–H and O–H groups in total. The number of H-pyrrole nitrogens is 3. The Morgan fingerprint density at radius 2 is 1.14 bits per heavy atom. The number of hydrogen-bond acceptors (Lipinski definition) is 1. The van der Waals surface area contributed by atoms with Crippen LogP contribution in [0.1, 0.15) is 17.9 Å². The van der Waals surface area contributed by atoms with Crippen LogP contribution < -0.4 is 10.4 Å². The van der Waals surface area contributed by atoms with Crippen LogP contribution in [-0.4, -0.2) is 49.4 Å². The Morgan fingerprint density at radius 1 is 0.690 bits per heavy atom. The predicted molar refractivity (Wildman–Crippen MR) is 189 cm³/mol. The first-order chi connectivity index (χ1) is 19.4. The van der Waals surface area contributed by atoms with E-state index in [0.29, 0.717) is 7.18 Å². The Labute approximate surface area is 258 Å². The summed E-state index contributed by atoms with van der Waals surface area (Å²) in [4.78, 5) is 20.2. The number of aromatic amines is 3. The zero-order valence-electron chi connectivity index (χ0n) is 24.7. The normalized spacial score (nSPS) is 11.0. The third kappa shape index (κ3) is 8.33. The average Bonchev–Trinajstić information content (AvgIpc) is 3.68. The lowest BCUT2D eigenvalue weighted by Gasteiger charge is -2.17. The van der Waals surface area contributed by atoms with E-state index in [1.807, 2.05) is 36.7 Å². The molecule has 0 unspecified atom stereocenters. The van der Waals surface area contributed by atoms with Gasteiger partial charge in [-0.05, 0) is 53.2 Å². The molecule has 0 amide bonds. The zero-order valence-corrected chi connectivity index (χ0v) is 28.3. The predicted octanol–water partition coefficient (Wildman–Crippen LogP) is 9.28. The fourth-order valence-electron chi connectivity index (χ4n) is 4.71. The Hall–Kier alpha value is -3.41. The van der Waals surface area contributed by atoms with E-state index in [2.05, 4.69) is 113 Å². The van der Waals surface area contributed by atoms with Gasteiger partial charge in [-0.25, -0.2) is 4.79 Å². The molecule has 3 aromatic carbocycles. The highest BCUT2D eigenvalue weighted by molar-refractivity contribution is 9.10. The molecule has 3 aromatic heterocycles. The number of carbonyl (C=O) groups is 1. The number of aromatic carboxylic acids is 1. The topological polar surface area (TPSA) is 84.7 Å². The molecule has 5 nitrogen and oxygen atoms in total. The number of aromatic nitrogens is 3. The van der Waals surface area contributed by atoms with Crippen molar-refractivity contribution in [3.8, 4) is 0 Å². The van der Waals surface area contributed by atoms with Crippen LogP contribution in [0.4, 0.5) is 4.39 Å². The molecular weight excluding hydrogens is 625 g/mol. The van der Waals surface area contributed by atoms with E-state index < -0.39 is 22.1 Å². The maximum absolute atomic E-state index is 10.9. The highest BCUT2D eigenvalue weighted by Crippen LogP contribution is 2.22. The molecule has 0 bridgehead atoms. The van der Waals surface area contributed by atoms with Crippen molar-refractivity contribution in [1.29, 1.82) is 0 Å². The van der Waals surface area contributed by atoms with Crippen LogP contribution in [0.15, 0.2) is 89.7 Å². The number of benzene rings is 3. The Morgan fingerprint density at radius 3 is 1.64 bits per heavy atom. The molecule has 0 spiro atoms. The second-order valence-electron chi connectivity index (χ2n) is 11.7. The standard InChI is InChI=1S/C12H15NO2Si.C11H15NSi.C8H6BrN.CH3F.CH4/c1-16(2,3)11-6-4-5-9-8(11)7-10(13-9)12(14)15;1-13(2,3)11-6-4-5-10-9(11)7-8-12-10;9-7-2-1-3-8-6(7)4-5-10-8;1-2;/h4-7,13H,1-3H3,(H,14,15);4-8,12H,1-3H3;1-5,10H;1H3;1H4. The minimum absolute atomic E-state index is 0. The summed E-state index contributed by atoms with van der Waals surface area (Å²) in [5.41, 5.74) is 3.62. The number of alkyl halides is 1. The molecule has 224 valence electrons. The van der Waals surface area contributed by atoms with Crippen LogP contribution in [0.5, 0.6) is 0 Å². The molecule has 0 aliphatic rings. The van der Waals surface area contributed by atoms with Crippen molar-refractivity contribution >= 4 is 81.1 Å². The second kappa shape index (κ2) is 14.7. The van der Waals surface area contributed by atoms with E-state index in [-0.39, 0.29) is 13.1 Å². The molecule has 6 rings (SSSR count). The molecule has 0 atom stereocenters. The molecule has 42 heavy (non-hydrogen) atoms. The summed E-state index contributed by atoms with van der Waals surface area (Å²) in [6, 6.07) is 24.7. The van der Waals surface area contributed by atoms with E-state index >= 15 is 0 Å². The maximum Gasteiger partial charge on any atom is 0.352 e. The smallest absolute Gasteiger partial charge is 0.352 e. The molecule has 6 aromatic rings. The molecule has 0 saturated heterocycles. The number of fused-ring (bicyclic) bond motifs is 3. The van der Waals surface area contributed by atoms with Gasteiger partial charge in [-0.3, -0.25) is 4.39 Å². The summed E-state index contributed by atoms with van der Waals surface area (Å²) < 4.78 is 10.6. The van der Waals surface area contributed by atoms with Gasteiger partial charge < -0.3 is 20.1 Å². The summed E-state index contributed by atoms with van der Waals surface area (Å²) in [5, 5.41) is 15.5. The molecule has 0 saturated carbocycles. The average molecular weight is 669 g/mol. The molecular formula is C33H43BrFN3O2Si2. The zero-order chi connectivity index (χ0) is 30.4.